The van der Waals surface area contributed by atoms with Crippen LogP contribution in [-0.2, 0) is 0 Å². The first-order valence-electron chi connectivity index (χ1n) is 5.08. The van der Waals surface area contributed by atoms with Gasteiger partial charge in [0.25, 0.3) is 5.69 Å². The van der Waals surface area contributed by atoms with Gasteiger partial charge in [-0.15, -0.1) is 0 Å². The van der Waals surface area contributed by atoms with Crippen molar-refractivity contribution < 1.29 is 4.92 Å². The van der Waals surface area contributed by atoms with Gasteiger partial charge in [-0.05, 0) is 19.3 Å². The summed E-state index contributed by atoms with van der Waals surface area (Å²) < 4.78 is 0. The van der Waals surface area contributed by atoms with Crippen LogP contribution in [0.4, 0.5) is 17.3 Å². The number of hydrogen-bond donors (Lipinski definition) is 3. The molecule has 0 amide bonds. The third-order valence-corrected chi connectivity index (χ3v) is 2.63. The molecule has 4 N–H and O–H groups in total. The first kappa shape index (κ1) is 10.6. The predicted octanol–water partition coefficient (Wildman–Crippen LogP) is 1.24. The lowest BCUT2D eigenvalue weighted by atomic mass is 9.93. The number of hydrazine groups is 1. The quantitative estimate of drug-likeness (QED) is 0.403. The maximum Gasteiger partial charge on any atom is 0.276 e. The Kier molecular flexibility index (Phi) is 2.86. The van der Waals surface area contributed by atoms with E-state index in [0.29, 0.717) is 11.9 Å². The van der Waals surface area contributed by atoms with Gasteiger partial charge in [-0.25, -0.2) is 10.8 Å². The minimum Gasteiger partial charge on any atom is -0.367 e. The Bertz CT molecular complexity index is 405. The highest BCUT2D eigenvalue weighted by molar-refractivity contribution is 5.54. The van der Waals surface area contributed by atoms with E-state index < -0.39 is 4.92 Å². The first-order chi connectivity index (χ1) is 7.69. The van der Waals surface area contributed by atoms with Crippen molar-refractivity contribution in [2.45, 2.75) is 25.3 Å². The zero-order chi connectivity index (χ0) is 11.5. The van der Waals surface area contributed by atoms with Gasteiger partial charge in [0.05, 0.1) is 17.1 Å². The molecule has 1 saturated carbocycles. The molecule has 1 heterocycles. The Morgan fingerprint density at radius 3 is 2.62 bits per heavy atom. The average molecular weight is 223 g/mol. The van der Waals surface area contributed by atoms with E-state index in [2.05, 4.69) is 15.7 Å². The molecule has 0 aromatic carbocycles. The number of nitrogen functional groups attached to an aromatic ring is 1. The molecule has 0 spiro atoms. The number of pyridine rings is 1. The van der Waals surface area contributed by atoms with Crippen LogP contribution in [0.3, 0.4) is 0 Å². The maximum absolute atomic E-state index is 10.7. The molecule has 0 unspecified atom stereocenters. The van der Waals surface area contributed by atoms with E-state index in [1.807, 2.05) is 0 Å². The van der Waals surface area contributed by atoms with Gasteiger partial charge in [0.1, 0.15) is 11.6 Å². The molecule has 86 valence electrons. The normalized spacial score (nSPS) is 15.3. The van der Waals surface area contributed by atoms with Crippen LogP contribution in [0.15, 0.2) is 12.1 Å². The minimum atomic E-state index is -0.464. The van der Waals surface area contributed by atoms with Crippen LogP contribution in [-0.4, -0.2) is 15.9 Å². The summed E-state index contributed by atoms with van der Waals surface area (Å²) in [6, 6.07) is 3.09. The van der Waals surface area contributed by atoms with Crippen LogP contribution in [0.5, 0.6) is 0 Å². The molecule has 0 saturated heterocycles. The molecule has 0 bridgehead atoms. The lowest BCUT2D eigenvalue weighted by molar-refractivity contribution is -0.384. The summed E-state index contributed by atoms with van der Waals surface area (Å²) in [5, 5.41) is 13.8. The summed E-state index contributed by atoms with van der Waals surface area (Å²) in [5.74, 6) is 5.98. The van der Waals surface area contributed by atoms with Gasteiger partial charge in [-0.3, -0.25) is 10.1 Å². The Labute approximate surface area is 92.2 Å². The van der Waals surface area contributed by atoms with Crippen molar-refractivity contribution in [3.63, 3.8) is 0 Å². The number of anilines is 2. The number of nitrogens with one attached hydrogen (secondary N) is 2. The SMILES string of the molecule is NNc1cc([N+](=O)[O-])cc(NC2CCC2)n1. The van der Waals surface area contributed by atoms with Crippen molar-refractivity contribution in [3.05, 3.63) is 22.2 Å². The van der Waals surface area contributed by atoms with Crippen LogP contribution in [0.25, 0.3) is 0 Å². The number of nitro groups is 1. The van der Waals surface area contributed by atoms with Gasteiger partial charge in [-0.2, -0.15) is 0 Å². The molecule has 1 aromatic heterocycles. The van der Waals surface area contributed by atoms with Crippen LogP contribution < -0.4 is 16.6 Å². The van der Waals surface area contributed by atoms with E-state index in [-0.39, 0.29) is 11.5 Å². The summed E-state index contributed by atoms with van der Waals surface area (Å²) in [6.45, 7) is 0. The second kappa shape index (κ2) is 4.31. The molecule has 2 rings (SSSR count). The first-order valence-corrected chi connectivity index (χ1v) is 5.08. The summed E-state index contributed by atoms with van der Waals surface area (Å²) in [4.78, 5) is 14.3. The molecule has 7 heteroatoms. The largest absolute Gasteiger partial charge is 0.367 e. The molecule has 1 fully saturated rings. The van der Waals surface area contributed by atoms with Crippen molar-refractivity contribution >= 4 is 17.3 Å². The highest BCUT2D eigenvalue weighted by Gasteiger charge is 2.19. The third-order valence-electron chi connectivity index (χ3n) is 2.63. The van der Waals surface area contributed by atoms with Gasteiger partial charge in [0.2, 0.25) is 0 Å². The van der Waals surface area contributed by atoms with Crippen molar-refractivity contribution in [2.75, 3.05) is 10.7 Å². The lowest BCUT2D eigenvalue weighted by Gasteiger charge is -2.26. The third kappa shape index (κ3) is 2.19. The fourth-order valence-electron chi connectivity index (χ4n) is 1.53. The molecule has 0 radical (unpaired) electrons. The Balaban J connectivity index is 2.21. The standard InChI is InChI=1S/C9H13N5O2/c10-13-9-5-7(14(15)16)4-8(12-9)11-6-2-1-3-6/h4-6H,1-3,10H2,(H2,11,12,13). The molecule has 1 aromatic rings. The summed E-state index contributed by atoms with van der Waals surface area (Å²) in [7, 11) is 0. The second-order valence-corrected chi connectivity index (χ2v) is 3.77. The molecular formula is C9H13N5O2. The second-order valence-electron chi connectivity index (χ2n) is 3.77. The fraction of sp³-hybridized carbons (Fsp3) is 0.444. The molecule has 0 atom stereocenters. The van der Waals surface area contributed by atoms with E-state index in [9.17, 15) is 10.1 Å². The monoisotopic (exact) mass is 223 g/mol. The van der Waals surface area contributed by atoms with E-state index in [1.54, 1.807) is 0 Å². The molecular weight excluding hydrogens is 210 g/mol. The lowest BCUT2D eigenvalue weighted by Crippen LogP contribution is -2.27. The van der Waals surface area contributed by atoms with Gasteiger partial charge < -0.3 is 10.7 Å². The Hall–Kier alpha value is -1.89. The number of nitrogens with zero attached hydrogens (tertiary/aromatic N) is 2. The van der Waals surface area contributed by atoms with E-state index >= 15 is 0 Å². The van der Waals surface area contributed by atoms with Crippen LogP contribution >= 0.6 is 0 Å². The summed E-state index contributed by atoms with van der Waals surface area (Å²) in [5.41, 5.74) is 2.29. The van der Waals surface area contributed by atoms with Crippen LogP contribution in [0, 0.1) is 10.1 Å². The summed E-state index contributed by atoms with van der Waals surface area (Å²) in [6.07, 6.45) is 3.35. The smallest absolute Gasteiger partial charge is 0.276 e. The topological polar surface area (TPSA) is 106 Å². The van der Waals surface area contributed by atoms with Gasteiger partial charge in [0.15, 0.2) is 0 Å². The highest BCUT2D eigenvalue weighted by Crippen LogP contribution is 2.25. The average Bonchev–Trinajstić information content (AvgIpc) is 2.23. The number of nitrogens with two attached hydrogens (primary N) is 1. The molecule has 7 nitrogen and oxygen atoms in total. The van der Waals surface area contributed by atoms with E-state index in [4.69, 9.17) is 5.84 Å². The van der Waals surface area contributed by atoms with Gasteiger partial charge in [0, 0.05) is 6.04 Å². The number of hydrogen-bond acceptors (Lipinski definition) is 6. The minimum absolute atomic E-state index is 0.0234. The Morgan fingerprint density at radius 1 is 1.44 bits per heavy atom. The van der Waals surface area contributed by atoms with E-state index in [0.717, 1.165) is 12.8 Å². The van der Waals surface area contributed by atoms with Crippen LogP contribution in [0.2, 0.25) is 0 Å². The molecule has 1 aliphatic rings. The molecule has 0 aliphatic heterocycles. The van der Waals surface area contributed by atoms with Gasteiger partial charge in [-0.1, -0.05) is 0 Å². The Morgan fingerprint density at radius 2 is 2.12 bits per heavy atom. The van der Waals surface area contributed by atoms with Crippen molar-refractivity contribution in [2.24, 2.45) is 5.84 Å². The van der Waals surface area contributed by atoms with Crippen LogP contribution in [0.1, 0.15) is 19.3 Å². The van der Waals surface area contributed by atoms with Crippen molar-refractivity contribution in [1.82, 2.24) is 4.98 Å². The molecule has 16 heavy (non-hydrogen) atoms. The predicted molar refractivity (Wildman–Crippen MR) is 60.0 cm³/mol. The number of aromatic nitrogens is 1. The fourth-order valence-corrected chi connectivity index (χ4v) is 1.53. The van der Waals surface area contributed by atoms with Crippen molar-refractivity contribution in [1.29, 1.82) is 0 Å². The number of rotatable bonds is 4. The zero-order valence-electron chi connectivity index (χ0n) is 8.64. The zero-order valence-corrected chi connectivity index (χ0v) is 8.64. The van der Waals surface area contributed by atoms with E-state index in [1.165, 1.54) is 18.6 Å². The summed E-state index contributed by atoms with van der Waals surface area (Å²) >= 11 is 0. The van der Waals surface area contributed by atoms with Crippen molar-refractivity contribution in [3.8, 4) is 0 Å². The maximum atomic E-state index is 10.7. The highest BCUT2D eigenvalue weighted by atomic mass is 16.6. The van der Waals surface area contributed by atoms with Gasteiger partial charge >= 0.3 is 0 Å². The molecule has 1 aliphatic carbocycles.